The van der Waals surface area contributed by atoms with Crippen molar-refractivity contribution >= 4 is 17.3 Å². The SMILES string of the molecule is CCOC(=O)c1nc(CN2CCCCC2CN)cs1. The van der Waals surface area contributed by atoms with Crippen molar-refractivity contribution < 1.29 is 9.53 Å². The molecule has 1 aromatic heterocycles. The van der Waals surface area contributed by atoms with Crippen molar-refractivity contribution in [3.8, 4) is 0 Å². The van der Waals surface area contributed by atoms with Crippen LogP contribution in [-0.4, -0.2) is 41.6 Å². The van der Waals surface area contributed by atoms with Crippen LogP contribution in [0.5, 0.6) is 0 Å². The number of esters is 1. The van der Waals surface area contributed by atoms with Crippen LogP contribution in [0.15, 0.2) is 5.38 Å². The molecule has 1 aliphatic rings. The second-order valence-corrected chi connectivity index (χ2v) is 5.58. The van der Waals surface area contributed by atoms with Crippen molar-refractivity contribution in [2.75, 3.05) is 19.7 Å². The summed E-state index contributed by atoms with van der Waals surface area (Å²) in [6.45, 7) is 4.71. The quantitative estimate of drug-likeness (QED) is 0.832. The lowest BCUT2D eigenvalue weighted by Gasteiger charge is -2.34. The average Bonchev–Trinajstić information content (AvgIpc) is 2.88. The number of carbonyl (C=O) groups excluding carboxylic acids is 1. The molecule has 0 aliphatic carbocycles. The second kappa shape index (κ2) is 6.98. The van der Waals surface area contributed by atoms with E-state index in [1.165, 1.54) is 24.2 Å². The number of piperidine rings is 1. The van der Waals surface area contributed by atoms with E-state index in [2.05, 4.69) is 9.88 Å². The second-order valence-electron chi connectivity index (χ2n) is 4.72. The summed E-state index contributed by atoms with van der Waals surface area (Å²) in [5.41, 5.74) is 6.75. The van der Waals surface area contributed by atoms with Crippen LogP contribution in [0.3, 0.4) is 0 Å². The summed E-state index contributed by atoms with van der Waals surface area (Å²) in [5, 5.41) is 2.38. The lowest BCUT2D eigenvalue weighted by molar-refractivity contribution is 0.0525. The van der Waals surface area contributed by atoms with Gasteiger partial charge >= 0.3 is 5.97 Å². The summed E-state index contributed by atoms with van der Waals surface area (Å²) < 4.78 is 4.95. The van der Waals surface area contributed by atoms with E-state index < -0.39 is 0 Å². The molecule has 0 aromatic carbocycles. The fourth-order valence-corrected chi connectivity index (χ4v) is 3.11. The van der Waals surface area contributed by atoms with E-state index in [0.29, 0.717) is 24.2 Å². The number of hydrogen-bond acceptors (Lipinski definition) is 6. The van der Waals surface area contributed by atoms with E-state index >= 15 is 0 Å². The summed E-state index contributed by atoms with van der Waals surface area (Å²) in [7, 11) is 0. The van der Waals surface area contributed by atoms with Gasteiger partial charge in [0.25, 0.3) is 0 Å². The Morgan fingerprint density at radius 1 is 1.63 bits per heavy atom. The van der Waals surface area contributed by atoms with Crippen LogP contribution in [0.25, 0.3) is 0 Å². The fraction of sp³-hybridized carbons (Fsp3) is 0.692. The molecule has 0 bridgehead atoms. The van der Waals surface area contributed by atoms with E-state index in [9.17, 15) is 4.79 Å². The third-order valence-corrected chi connectivity index (χ3v) is 4.26. The highest BCUT2D eigenvalue weighted by molar-refractivity contribution is 7.11. The van der Waals surface area contributed by atoms with Gasteiger partial charge in [-0.3, -0.25) is 4.90 Å². The van der Waals surface area contributed by atoms with Crippen LogP contribution in [0.2, 0.25) is 0 Å². The number of rotatable bonds is 5. The Labute approximate surface area is 117 Å². The molecule has 1 unspecified atom stereocenters. The van der Waals surface area contributed by atoms with Gasteiger partial charge in [-0.25, -0.2) is 9.78 Å². The molecule has 6 heteroatoms. The minimum atomic E-state index is -0.326. The van der Waals surface area contributed by atoms with Crippen molar-refractivity contribution in [2.45, 2.75) is 38.8 Å². The van der Waals surface area contributed by atoms with Gasteiger partial charge in [0.15, 0.2) is 0 Å². The minimum Gasteiger partial charge on any atom is -0.461 e. The molecular formula is C13H21N3O2S. The first-order valence-electron chi connectivity index (χ1n) is 6.80. The monoisotopic (exact) mass is 283 g/mol. The van der Waals surface area contributed by atoms with Crippen molar-refractivity contribution in [3.63, 3.8) is 0 Å². The topological polar surface area (TPSA) is 68.5 Å². The molecular weight excluding hydrogens is 262 g/mol. The molecule has 0 spiro atoms. The first kappa shape index (κ1) is 14.4. The van der Waals surface area contributed by atoms with Gasteiger partial charge in [-0.05, 0) is 26.3 Å². The van der Waals surface area contributed by atoms with Gasteiger partial charge in [-0.2, -0.15) is 0 Å². The highest BCUT2D eigenvalue weighted by atomic mass is 32.1. The molecule has 19 heavy (non-hydrogen) atoms. The first-order chi connectivity index (χ1) is 9.24. The van der Waals surface area contributed by atoms with Crippen molar-refractivity contribution in [1.82, 2.24) is 9.88 Å². The molecule has 0 amide bonds. The van der Waals surface area contributed by atoms with Crippen LogP contribution < -0.4 is 5.73 Å². The molecule has 106 valence electrons. The molecule has 1 atom stereocenters. The molecule has 1 aromatic rings. The standard InChI is InChI=1S/C13H21N3O2S/c1-2-18-13(17)12-15-10(9-19-12)8-16-6-4-3-5-11(16)7-14/h9,11H,2-8,14H2,1H3. The molecule has 0 saturated carbocycles. The summed E-state index contributed by atoms with van der Waals surface area (Å²) in [5.74, 6) is -0.326. The smallest absolute Gasteiger partial charge is 0.367 e. The minimum absolute atomic E-state index is 0.326. The van der Waals surface area contributed by atoms with E-state index in [1.807, 2.05) is 5.38 Å². The van der Waals surface area contributed by atoms with E-state index in [4.69, 9.17) is 10.5 Å². The van der Waals surface area contributed by atoms with E-state index in [-0.39, 0.29) is 5.97 Å². The first-order valence-corrected chi connectivity index (χ1v) is 7.68. The molecule has 1 aliphatic heterocycles. The Morgan fingerprint density at radius 2 is 2.47 bits per heavy atom. The molecule has 1 fully saturated rings. The number of ether oxygens (including phenoxy) is 1. The van der Waals surface area contributed by atoms with Gasteiger partial charge in [0.05, 0.1) is 12.3 Å². The van der Waals surface area contributed by atoms with Crippen LogP contribution in [0, 0.1) is 0 Å². The van der Waals surface area contributed by atoms with E-state index in [0.717, 1.165) is 25.2 Å². The maximum absolute atomic E-state index is 11.6. The fourth-order valence-electron chi connectivity index (χ4n) is 2.41. The van der Waals surface area contributed by atoms with Gasteiger partial charge in [-0.15, -0.1) is 11.3 Å². The molecule has 2 heterocycles. The molecule has 5 nitrogen and oxygen atoms in total. The Morgan fingerprint density at radius 3 is 3.21 bits per heavy atom. The Hall–Kier alpha value is -0.980. The normalized spacial score (nSPS) is 20.4. The van der Waals surface area contributed by atoms with Gasteiger partial charge in [-0.1, -0.05) is 6.42 Å². The van der Waals surface area contributed by atoms with Crippen LogP contribution in [0.1, 0.15) is 41.7 Å². The zero-order valence-electron chi connectivity index (χ0n) is 11.3. The lowest BCUT2D eigenvalue weighted by atomic mass is 10.0. The zero-order chi connectivity index (χ0) is 13.7. The summed E-state index contributed by atoms with van der Waals surface area (Å²) >= 11 is 1.35. The van der Waals surface area contributed by atoms with Crippen LogP contribution in [-0.2, 0) is 11.3 Å². The molecule has 1 saturated heterocycles. The average molecular weight is 283 g/mol. The predicted molar refractivity (Wildman–Crippen MR) is 75.2 cm³/mol. The number of nitrogens with zero attached hydrogens (tertiary/aromatic N) is 2. The third-order valence-electron chi connectivity index (χ3n) is 3.39. The highest BCUT2D eigenvalue weighted by Crippen LogP contribution is 2.20. The molecule has 2 rings (SSSR count). The lowest BCUT2D eigenvalue weighted by Crippen LogP contribution is -2.43. The summed E-state index contributed by atoms with van der Waals surface area (Å²) in [4.78, 5) is 18.3. The Kier molecular flexibility index (Phi) is 5.30. The van der Waals surface area contributed by atoms with E-state index in [1.54, 1.807) is 6.92 Å². The van der Waals surface area contributed by atoms with Gasteiger partial charge < -0.3 is 10.5 Å². The Balaban J connectivity index is 1.97. The number of hydrogen-bond donors (Lipinski definition) is 1. The Bertz CT molecular complexity index is 422. The zero-order valence-corrected chi connectivity index (χ0v) is 12.1. The summed E-state index contributed by atoms with van der Waals surface area (Å²) in [6, 6.07) is 0.446. The number of thiazole rings is 1. The van der Waals surface area contributed by atoms with Gasteiger partial charge in [0, 0.05) is 24.5 Å². The van der Waals surface area contributed by atoms with Crippen LogP contribution in [0.4, 0.5) is 0 Å². The van der Waals surface area contributed by atoms with Gasteiger partial charge in [0.2, 0.25) is 5.01 Å². The van der Waals surface area contributed by atoms with Crippen molar-refractivity contribution in [2.24, 2.45) is 5.73 Å². The number of aromatic nitrogens is 1. The number of nitrogens with two attached hydrogens (primary N) is 1. The third kappa shape index (κ3) is 3.75. The maximum Gasteiger partial charge on any atom is 0.367 e. The number of likely N-dealkylation sites (tertiary alicyclic amines) is 1. The molecule has 2 N–H and O–H groups in total. The van der Waals surface area contributed by atoms with Gasteiger partial charge in [0.1, 0.15) is 0 Å². The van der Waals surface area contributed by atoms with Crippen LogP contribution >= 0.6 is 11.3 Å². The maximum atomic E-state index is 11.6. The van der Waals surface area contributed by atoms with Crippen molar-refractivity contribution in [1.29, 1.82) is 0 Å². The number of carbonyl (C=O) groups is 1. The summed E-state index contributed by atoms with van der Waals surface area (Å²) in [6.07, 6.45) is 3.63. The largest absolute Gasteiger partial charge is 0.461 e. The predicted octanol–water partition coefficient (Wildman–Crippen LogP) is 1.63. The molecule has 0 radical (unpaired) electrons. The van der Waals surface area contributed by atoms with Crippen molar-refractivity contribution in [3.05, 3.63) is 16.1 Å². The highest BCUT2D eigenvalue weighted by Gasteiger charge is 2.22.